The standard InChI is InChI=1S/C17H21ClN2O/c1-3-17(2)11-12(8-10-21-17)20-15-7-6-14(18)13-5-4-9-19-16(13)15/h4-7,9,12,20H,3,8,10-11H2,1-2H3. The molecule has 1 aromatic heterocycles. The number of hydrogen-bond acceptors (Lipinski definition) is 3. The second kappa shape index (κ2) is 5.82. The van der Waals surface area contributed by atoms with Gasteiger partial charge in [0.25, 0.3) is 0 Å². The van der Waals surface area contributed by atoms with Crippen molar-refractivity contribution < 1.29 is 4.74 Å². The van der Waals surface area contributed by atoms with Gasteiger partial charge in [0.2, 0.25) is 0 Å². The third-order valence-corrected chi connectivity index (χ3v) is 4.75. The van der Waals surface area contributed by atoms with Crippen LogP contribution in [-0.2, 0) is 4.74 Å². The van der Waals surface area contributed by atoms with Crippen LogP contribution in [-0.4, -0.2) is 23.2 Å². The van der Waals surface area contributed by atoms with Crippen molar-refractivity contribution in [3.05, 3.63) is 35.5 Å². The number of ether oxygens (including phenoxy) is 1. The lowest BCUT2D eigenvalue weighted by atomic mass is 9.89. The number of anilines is 1. The topological polar surface area (TPSA) is 34.2 Å². The number of hydrogen-bond donors (Lipinski definition) is 1. The molecule has 21 heavy (non-hydrogen) atoms. The number of aromatic nitrogens is 1. The number of nitrogens with zero attached hydrogens (tertiary/aromatic N) is 1. The number of fused-ring (bicyclic) bond motifs is 1. The van der Waals surface area contributed by atoms with Crippen LogP contribution in [0.15, 0.2) is 30.5 Å². The molecule has 0 spiro atoms. The quantitative estimate of drug-likeness (QED) is 0.896. The van der Waals surface area contributed by atoms with Crippen LogP contribution in [0.25, 0.3) is 10.9 Å². The van der Waals surface area contributed by atoms with Gasteiger partial charge in [0.05, 0.1) is 21.8 Å². The van der Waals surface area contributed by atoms with Gasteiger partial charge in [0, 0.05) is 24.2 Å². The first kappa shape index (κ1) is 14.6. The molecule has 1 fully saturated rings. The van der Waals surface area contributed by atoms with Gasteiger partial charge >= 0.3 is 0 Å². The molecule has 1 aromatic carbocycles. The second-order valence-corrected chi connectivity index (χ2v) is 6.39. The maximum absolute atomic E-state index is 6.25. The van der Waals surface area contributed by atoms with E-state index in [9.17, 15) is 0 Å². The van der Waals surface area contributed by atoms with Crippen molar-refractivity contribution in [2.75, 3.05) is 11.9 Å². The summed E-state index contributed by atoms with van der Waals surface area (Å²) in [6, 6.07) is 8.30. The largest absolute Gasteiger partial charge is 0.380 e. The van der Waals surface area contributed by atoms with Crippen molar-refractivity contribution >= 4 is 28.2 Å². The summed E-state index contributed by atoms with van der Waals surface area (Å²) in [4.78, 5) is 4.49. The fourth-order valence-electron chi connectivity index (χ4n) is 2.97. The third-order valence-electron chi connectivity index (χ3n) is 4.42. The van der Waals surface area contributed by atoms with E-state index in [0.717, 1.165) is 47.5 Å². The van der Waals surface area contributed by atoms with Crippen molar-refractivity contribution in [1.29, 1.82) is 0 Å². The Labute approximate surface area is 130 Å². The zero-order valence-corrected chi connectivity index (χ0v) is 13.3. The number of halogens is 1. The molecule has 1 saturated heterocycles. The Kier molecular flexibility index (Phi) is 4.05. The summed E-state index contributed by atoms with van der Waals surface area (Å²) in [5.74, 6) is 0. The van der Waals surface area contributed by atoms with Crippen molar-refractivity contribution in [3.63, 3.8) is 0 Å². The van der Waals surface area contributed by atoms with Gasteiger partial charge in [0.15, 0.2) is 0 Å². The molecule has 1 aliphatic rings. The number of benzene rings is 1. The van der Waals surface area contributed by atoms with E-state index in [0.29, 0.717) is 6.04 Å². The van der Waals surface area contributed by atoms with Crippen LogP contribution in [0, 0.1) is 0 Å². The van der Waals surface area contributed by atoms with Crippen LogP contribution in [0.3, 0.4) is 0 Å². The molecule has 2 unspecified atom stereocenters. The van der Waals surface area contributed by atoms with E-state index < -0.39 is 0 Å². The van der Waals surface area contributed by atoms with Gasteiger partial charge in [-0.1, -0.05) is 18.5 Å². The summed E-state index contributed by atoms with van der Waals surface area (Å²) in [7, 11) is 0. The minimum atomic E-state index is -0.0222. The Morgan fingerprint density at radius 3 is 3.10 bits per heavy atom. The summed E-state index contributed by atoms with van der Waals surface area (Å²) < 4.78 is 5.91. The highest BCUT2D eigenvalue weighted by Gasteiger charge is 2.31. The molecule has 2 heterocycles. The van der Waals surface area contributed by atoms with Crippen LogP contribution in [0.5, 0.6) is 0 Å². The van der Waals surface area contributed by atoms with Gasteiger partial charge in [-0.15, -0.1) is 0 Å². The van der Waals surface area contributed by atoms with Crippen LogP contribution in [0.1, 0.15) is 33.1 Å². The molecular formula is C17H21ClN2O. The first-order chi connectivity index (χ1) is 10.1. The lowest BCUT2D eigenvalue weighted by Gasteiger charge is -2.38. The predicted octanol–water partition coefficient (Wildman–Crippen LogP) is 4.65. The molecule has 0 saturated carbocycles. The fourth-order valence-corrected chi connectivity index (χ4v) is 3.19. The van der Waals surface area contributed by atoms with Crippen LogP contribution >= 0.6 is 11.6 Å². The van der Waals surface area contributed by atoms with Crippen LogP contribution in [0.2, 0.25) is 5.02 Å². The lowest BCUT2D eigenvalue weighted by molar-refractivity contribution is -0.0708. The highest BCUT2D eigenvalue weighted by atomic mass is 35.5. The Balaban J connectivity index is 1.87. The Morgan fingerprint density at radius 2 is 2.29 bits per heavy atom. The summed E-state index contributed by atoms with van der Waals surface area (Å²) in [6.45, 7) is 5.18. The lowest BCUT2D eigenvalue weighted by Crippen LogP contribution is -2.41. The Bertz CT molecular complexity index is 646. The number of rotatable bonds is 3. The normalized spacial score (nSPS) is 26.0. The minimum Gasteiger partial charge on any atom is -0.380 e. The van der Waals surface area contributed by atoms with E-state index in [4.69, 9.17) is 16.3 Å². The summed E-state index contributed by atoms with van der Waals surface area (Å²) >= 11 is 6.25. The predicted molar refractivity (Wildman–Crippen MR) is 88.0 cm³/mol. The molecule has 0 amide bonds. The average molecular weight is 305 g/mol. The molecule has 2 atom stereocenters. The van der Waals surface area contributed by atoms with Gasteiger partial charge in [0.1, 0.15) is 0 Å². The highest BCUT2D eigenvalue weighted by molar-refractivity contribution is 6.35. The molecule has 0 radical (unpaired) electrons. The summed E-state index contributed by atoms with van der Waals surface area (Å²) in [5, 5.41) is 5.38. The summed E-state index contributed by atoms with van der Waals surface area (Å²) in [5.41, 5.74) is 1.97. The van der Waals surface area contributed by atoms with E-state index in [-0.39, 0.29) is 5.60 Å². The van der Waals surface area contributed by atoms with Gasteiger partial charge < -0.3 is 10.1 Å². The molecule has 2 aromatic rings. The van der Waals surface area contributed by atoms with Crippen LogP contribution in [0.4, 0.5) is 5.69 Å². The summed E-state index contributed by atoms with van der Waals surface area (Å²) in [6.07, 6.45) is 4.88. The maximum atomic E-state index is 6.25. The fraction of sp³-hybridized carbons (Fsp3) is 0.471. The molecule has 1 N–H and O–H groups in total. The van der Waals surface area contributed by atoms with Crippen molar-refractivity contribution in [2.45, 2.75) is 44.8 Å². The van der Waals surface area contributed by atoms with E-state index in [1.54, 1.807) is 0 Å². The molecular weight excluding hydrogens is 284 g/mol. The zero-order valence-electron chi connectivity index (χ0n) is 12.5. The molecule has 0 bridgehead atoms. The van der Waals surface area contributed by atoms with Crippen molar-refractivity contribution in [1.82, 2.24) is 4.98 Å². The van der Waals surface area contributed by atoms with E-state index in [1.165, 1.54) is 0 Å². The highest BCUT2D eigenvalue weighted by Crippen LogP contribution is 2.32. The van der Waals surface area contributed by atoms with Gasteiger partial charge in [-0.2, -0.15) is 0 Å². The maximum Gasteiger partial charge on any atom is 0.0948 e. The molecule has 1 aliphatic heterocycles. The van der Waals surface area contributed by atoms with E-state index in [1.807, 2.05) is 30.5 Å². The first-order valence-corrected chi connectivity index (χ1v) is 7.93. The van der Waals surface area contributed by atoms with Gasteiger partial charge in [-0.3, -0.25) is 4.98 Å². The van der Waals surface area contributed by atoms with Gasteiger partial charge in [-0.05, 0) is 50.5 Å². The smallest absolute Gasteiger partial charge is 0.0948 e. The third kappa shape index (κ3) is 2.99. The second-order valence-electron chi connectivity index (χ2n) is 5.98. The molecule has 4 heteroatoms. The Morgan fingerprint density at radius 1 is 1.43 bits per heavy atom. The first-order valence-electron chi connectivity index (χ1n) is 7.55. The van der Waals surface area contributed by atoms with Gasteiger partial charge in [-0.25, -0.2) is 0 Å². The van der Waals surface area contributed by atoms with Crippen molar-refractivity contribution in [2.24, 2.45) is 0 Å². The molecule has 3 nitrogen and oxygen atoms in total. The average Bonchev–Trinajstić information content (AvgIpc) is 2.51. The monoisotopic (exact) mass is 304 g/mol. The van der Waals surface area contributed by atoms with Crippen LogP contribution < -0.4 is 5.32 Å². The molecule has 0 aliphatic carbocycles. The SMILES string of the molecule is CCC1(C)CC(Nc2ccc(Cl)c3cccnc23)CCO1. The number of nitrogens with one attached hydrogen (secondary N) is 1. The number of pyridine rings is 1. The molecule has 112 valence electrons. The van der Waals surface area contributed by atoms with E-state index in [2.05, 4.69) is 24.1 Å². The molecule has 3 rings (SSSR count). The minimum absolute atomic E-state index is 0.0222. The van der Waals surface area contributed by atoms with E-state index >= 15 is 0 Å². The van der Waals surface area contributed by atoms with Crippen molar-refractivity contribution in [3.8, 4) is 0 Å². The zero-order chi connectivity index (χ0) is 14.9. The Hall–Kier alpha value is -1.32.